The van der Waals surface area contributed by atoms with E-state index in [0.717, 1.165) is 41.2 Å². The summed E-state index contributed by atoms with van der Waals surface area (Å²) in [5.74, 6) is 0.951. The maximum Gasteiger partial charge on any atom is 0.215 e. The van der Waals surface area contributed by atoms with Gasteiger partial charge in [-0.3, -0.25) is 14.1 Å². The molecule has 0 atom stereocenters. The quantitative estimate of drug-likeness (QED) is 0.333. The number of nitrogens with zero attached hydrogens (tertiary/aromatic N) is 4. The molecule has 0 unspecified atom stereocenters. The molecule has 1 fully saturated rings. The van der Waals surface area contributed by atoms with Gasteiger partial charge in [-0.05, 0) is 38.1 Å². The summed E-state index contributed by atoms with van der Waals surface area (Å²) in [5, 5.41) is 0. The minimum Gasteiger partial charge on any atom is -0.313 e. The number of aromatic nitrogens is 3. The molecule has 4 aromatic rings. The van der Waals surface area contributed by atoms with Gasteiger partial charge in [0, 0.05) is 12.6 Å². The number of aryl methyl sites for hydroxylation is 1. The highest BCUT2D eigenvalue weighted by Crippen LogP contribution is 2.30. The molecule has 0 bridgehead atoms. The van der Waals surface area contributed by atoms with Gasteiger partial charge in [-0.2, -0.15) is 0 Å². The van der Waals surface area contributed by atoms with Gasteiger partial charge in [-0.1, -0.05) is 48.9 Å². The highest BCUT2D eigenvalue weighted by atomic mass is 79.9. The van der Waals surface area contributed by atoms with Crippen molar-refractivity contribution in [3.8, 4) is 11.3 Å². The number of halogens is 2. The Hall–Kier alpha value is -1.96. The van der Waals surface area contributed by atoms with Gasteiger partial charge in [0.05, 0.1) is 17.6 Å². The predicted octanol–water partition coefficient (Wildman–Crippen LogP) is 5.32. The molecule has 30 heavy (non-hydrogen) atoms. The monoisotopic (exact) mass is 532 g/mol. The Kier molecular flexibility index (Phi) is 7.16. The first-order valence-corrected chi connectivity index (χ1v) is 10.0. The summed E-state index contributed by atoms with van der Waals surface area (Å²) in [6.45, 7) is 2.46. The van der Waals surface area contributed by atoms with Gasteiger partial charge in [-0.25, -0.2) is 4.98 Å². The number of fused-ring (bicyclic) bond motifs is 3. The Labute approximate surface area is 197 Å². The van der Waals surface area contributed by atoms with Crippen LogP contribution in [-0.4, -0.2) is 44.3 Å². The lowest BCUT2D eigenvalue weighted by atomic mass is 10.1. The Bertz CT molecular complexity index is 1160. The summed E-state index contributed by atoms with van der Waals surface area (Å²) in [4.78, 5) is 20.7. The Morgan fingerprint density at radius 1 is 0.900 bits per heavy atom. The van der Waals surface area contributed by atoms with Gasteiger partial charge in [0.2, 0.25) is 5.78 Å². The molecule has 1 aliphatic rings. The molecule has 2 aromatic heterocycles. The maximum atomic E-state index is 13.5. The lowest BCUT2D eigenvalue weighted by Crippen LogP contribution is -2.35. The fraction of sp³-hybridized carbons (Fsp3) is 0.304. The molecule has 5 nitrogen and oxygen atoms in total. The van der Waals surface area contributed by atoms with E-state index in [-0.39, 0.29) is 39.7 Å². The summed E-state index contributed by atoms with van der Waals surface area (Å²) in [6.07, 6.45) is 3.62. The van der Waals surface area contributed by atoms with Crippen LogP contribution in [0.4, 0.5) is 0 Å². The highest BCUT2D eigenvalue weighted by Gasteiger charge is 2.26. The molecule has 0 aliphatic carbocycles. The summed E-state index contributed by atoms with van der Waals surface area (Å²) >= 11 is 0. The number of benzene rings is 2. The molecular weight excluding hydrogens is 508 g/mol. The van der Waals surface area contributed by atoms with Crippen molar-refractivity contribution < 1.29 is 4.79 Å². The third-order valence-electron chi connectivity index (χ3n) is 5.77. The SMILES string of the molecule is Br.Br.Cn1c2ccccc2n2c(C(=O)CN3CCCCC3)c(-c3ccccc3)nc12. The second-order valence-electron chi connectivity index (χ2n) is 7.62. The zero-order valence-electron chi connectivity index (χ0n) is 17.0. The van der Waals surface area contributed by atoms with Crippen molar-refractivity contribution in [2.75, 3.05) is 19.6 Å². The van der Waals surface area contributed by atoms with Crippen molar-refractivity contribution >= 4 is 56.6 Å². The van der Waals surface area contributed by atoms with E-state index in [2.05, 4.69) is 21.6 Å². The first kappa shape index (κ1) is 22.7. The number of Topliss-reactive ketones (excluding diaryl/α,β-unsaturated/α-hetero) is 1. The molecule has 0 amide bonds. The van der Waals surface area contributed by atoms with Gasteiger partial charge < -0.3 is 4.57 Å². The van der Waals surface area contributed by atoms with E-state index in [1.807, 2.05) is 53.9 Å². The molecular formula is C23H26Br2N4O. The van der Waals surface area contributed by atoms with E-state index in [9.17, 15) is 4.79 Å². The second-order valence-corrected chi connectivity index (χ2v) is 7.62. The van der Waals surface area contributed by atoms with Crippen LogP contribution >= 0.6 is 34.0 Å². The van der Waals surface area contributed by atoms with E-state index in [4.69, 9.17) is 4.98 Å². The molecule has 0 radical (unpaired) electrons. The van der Waals surface area contributed by atoms with Crippen LogP contribution in [0.1, 0.15) is 29.8 Å². The third kappa shape index (κ3) is 3.86. The molecule has 2 aromatic carbocycles. The number of imidazole rings is 2. The fourth-order valence-corrected chi connectivity index (χ4v) is 4.36. The molecule has 0 saturated carbocycles. The van der Waals surface area contributed by atoms with Crippen LogP contribution in [0.5, 0.6) is 0 Å². The maximum absolute atomic E-state index is 13.5. The Morgan fingerprint density at radius 3 is 2.23 bits per heavy atom. The third-order valence-corrected chi connectivity index (χ3v) is 5.77. The molecule has 7 heteroatoms. The number of hydrogen-bond donors (Lipinski definition) is 0. The topological polar surface area (TPSA) is 42.5 Å². The summed E-state index contributed by atoms with van der Waals surface area (Å²) in [7, 11) is 2.01. The highest BCUT2D eigenvalue weighted by molar-refractivity contribution is 8.93. The molecule has 1 saturated heterocycles. The van der Waals surface area contributed by atoms with E-state index in [1.54, 1.807) is 0 Å². The van der Waals surface area contributed by atoms with Crippen molar-refractivity contribution in [2.24, 2.45) is 7.05 Å². The van der Waals surface area contributed by atoms with Gasteiger partial charge in [0.15, 0.2) is 5.78 Å². The largest absolute Gasteiger partial charge is 0.313 e. The van der Waals surface area contributed by atoms with Crippen LogP contribution in [0.3, 0.4) is 0 Å². The zero-order valence-corrected chi connectivity index (χ0v) is 20.4. The smallest absolute Gasteiger partial charge is 0.215 e. The van der Waals surface area contributed by atoms with Gasteiger partial charge in [-0.15, -0.1) is 34.0 Å². The van der Waals surface area contributed by atoms with Gasteiger partial charge >= 0.3 is 0 Å². The number of carbonyl (C=O) groups is 1. The Morgan fingerprint density at radius 2 is 1.53 bits per heavy atom. The second kappa shape index (κ2) is 9.45. The van der Waals surface area contributed by atoms with Crippen molar-refractivity contribution in [1.29, 1.82) is 0 Å². The van der Waals surface area contributed by atoms with Crippen LogP contribution in [0.25, 0.3) is 28.1 Å². The number of piperidine rings is 1. The summed E-state index contributed by atoms with van der Waals surface area (Å²) in [6, 6.07) is 18.2. The van der Waals surface area contributed by atoms with Crippen LogP contribution in [0.2, 0.25) is 0 Å². The first-order chi connectivity index (χ1) is 13.7. The Balaban J connectivity index is 0.00000128. The van der Waals surface area contributed by atoms with Crippen molar-refractivity contribution in [3.63, 3.8) is 0 Å². The number of ketones is 1. The van der Waals surface area contributed by atoms with Crippen molar-refractivity contribution in [1.82, 2.24) is 18.9 Å². The number of rotatable bonds is 4. The van der Waals surface area contributed by atoms with Crippen LogP contribution in [0, 0.1) is 0 Å². The normalized spacial score (nSPS) is 14.4. The molecule has 1 aliphatic heterocycles. The lowest BCUT2D eigenvalue weighted by molar-refractivity contribution is 0.0911. The van der Waals surface area contributed by atoms with Gasteiger partial charge in [0.25, 0.3) is 0 Å². The van der Waals surface area contributed by atoms with Gasteiger partial charge in [0.1, 0.15) is 11.4 Å². The molecule has 5 rings (SSSR count). The van der Waals surface area contributed by atoms with E-state index in [0.29, 0.717) is 12.2 Å². The van der Waals surface area contributed by atoms with E-state index < -0.39 is 0 Å². The van der Waals surface area contributed by atoms with E-state index in [1.165, 1.54) is 19.3 Å². The zero-order chi connectivity index (χ0) is 19.1. The molecule has 3 heterocycles. The molecule has 0 spiro atoms. The van der Waals surface area contributed by atoms with E-state index >= 15 is 0 Å². The van der Waals surface area contributed by atoms with Crippen LogP contribution < -0.4 is 0 Å². The standard InChI is InChI=1S/C23H24N4O.2BrH/c1-25-18-12-6-7-13-19(18)27-22(20(28)16-26-14-8-3-9-15-26)21(24-23(25)27)17-10-4-2-5-11-17;;/h2,4-7,10-13H,3,8-9,14-16H2,1H3;2*1H. The number of para-hydroxylation sites is 2. The summed E-state index contributed by atoms with van der Waals surface area (Å²) < 4.78 is 4.11. The lowest BCUT2D eigenvalue weighted by Gasteiger charge is -2.25. The van der Waals surface area contributed by atoms with Crippen LogP contribution in [0.15, 0.2) is 54.6 Å². The minimum atomic E-state index is 0. The van der Waals surface area contributed by atoms with Crippen LogP contribution in [-0.2, 0) is 7.05 Å². The van der Waals surface area contributed by atoms with Crippen molar-refractivity contribution in [2.45, 2.75) is 19.3 Å². The molecule has 158 valence electrons. The first-order valence-electron chi connectivity index (χ1n) is 10.0. The molecule has 0 N–H and O–H groups in total. The number of likely N-dealkylation sites (tertiary alicyclic amines) is 1. The van der Waals surface area contributed by atoms with Crippen molar-refractivity contribution in [3.05, 3.63) is 60.3 Å². The fourth-order valence-electron chi connectivity index (χ4n) is 4.36. The minimum absolute atomic E-state index is 0. The average molecular weight is 534 g/mol. The predicted molar refractivity (Wildman–Crippen MR) is 132 cm³/mol. The average Bonchev–Trinajstić information content (AvgIpc) is 3.26. The number of hydrogen-bond acceptors (Lipinski definition) is 3. The summed E-state index contributed by atoms with van der Waals surface area (Å²) in [5.41, 5.74) is 4.56. The number of carbonyl (C=O) groups excluding carboxylic acids is 1.